The van der Waals surface area contributed by atoms with E-state index < -0.39 is 6.04 Å². The van der Waals surface area contributed by atoms with Crippen molar-refractivity contribution in [1.82, 2.24) is 25.5 Å². The van der Waals surface area contributed by atoms with Gasteiger partial charge in [-0.15, -0.1) is 15.0 Å². The monoisotopic (exact) mass is 371 g/mol. The highest BCUT2D eigenvalue weighted by Gasteiger charge is 2.24. The third-order valence-corrected chi connectivity index (χ3v) is 4.79. The van der Waals surface area contributed by atoms with E-state index in [0.717, 1.165) is 18.4 Å². The second-order valence-corrected chi connectivity index (χ2v) is 7.04. The van der Waals surface area contributed by atoms with E-state index in [1.165, 1.54) is 62.5 Å². The third-order valence-electron chi connectivity index (χ3n) is 4.79. The first-order valence-electron chi connectivity index (χ1n) is 10.4. The number of carbonyl (C=O) groups is 1. The minimum Gasteiger partial charge on any atom is -0.354 e. The predicted molar refractivity (Wildman–Crippen MR) is 107 cm³/mol. The van der Waals surface area contributed by atoms with Crippen LogP contribution in [0.3, 0.4) is 0 Å². The minimum absolute atomic E-state index is 0.0878. The van der Waals surface area contributed by atoms with Crippen molar-refractivity contribution in [2.45, 2.75) is 77.2 Å². The van der Waals surface area contributed by atoms with Crippen molar-refractivity contribution in [3.05, 3.63) is 42.2 Å². The van der Waals surface area contributed by atoms with E-state index in [0.29, 0.717) is 6.54 Å². The number of hydrogen-bond donors (Lipinski definition) is 1. The molecule has 1 aromatic heterocycles. The summed E-state index contributed by atoms with van der Waals surface area (Å²) in [6.07, 6.45) is 14.2. The fourth-order valence-electron chi connectivity index (χ4n) is 3.24. The molecular formula is C21H33N5O. The van der Waals surface area contributed by atoms with Gasteiger partial charge in [-0.1, -0.05) is 95.0 Å². The molecule has 1 unspecified atom stereocenters. The first-order valence-corrected chi connectivity index (χ1v) is 10.4. The summed E-state index contributed by atoms with van der Waals surface area (Å²) < 4.78 is 0. The van der Waals surface area contributed by atoms with Crippen molar-refractivity contribution < 1.29 is 4.79 Å². The van der Waals surface area contributed by atoms with Crippen LogP contribution in [-0.4, -0.2) is 32.7 Å². The van der Waals surface area contributed by atoms with Gasteiger partial charge in [0.2, 0.25) is 0 Å². The van der Waals surface area contributed by atoms with Crippen LogP contribution in [0.25, 0.3) is 0 Å². The van der Waals surface area contributed by atoms with Gasteiger partial charge in [0.1, 0.15) is 0 Å². The Morgan fingerprint density at radius 3 is 2.19 bits per heavy atom. The molecule has 6 heteroatoms. The first kappa shape index (κ1) is 21.1. The number of benzene rings is 1. The van der Waals surface area contributed by atoms with Gasteiger partial charge in [-0.05, 0) is 17.2 Å². The van der Waals surface area contributed by atoms with Crippen molar-refractivity contribution in [3.63, 3.8) is 0 Å². The van der Waals surface area contributed by atoms with E-state index in [-0.39, 0.29) is 5.91 Å². The Labute approximate surface area is 162 Å². The van der Waals surface area contributed by atoms with Crippen LogP contribution in [0.4, 0.5) is 0 Å². The minimum atomic E-state index is -0.572. The lowest BCUT2D eigenvalue weighted by Crippen LogP contribution is -2.35. The van der Waals surface area contributed by atoms with Gasteiger partial charge in [-0.25, -0.2) is 0 Å². The Morgan fingerprint density at radius 2 is 1.59 bits per heavy atom. The zero-order chi connectivity index (χ0) is 19.2. The zero-order valence-electron chi connectivity index (χ0n) is 16.5. The largest absolute Gasteiger partial charge is 0.354 e. The van der Waals surface area contributed by atoms with Crippen LogP contribution in [0.2, 0.25) is 0 Å². The molecule has 0 fully saturated rings. The van der Waals surface area contributed by atoms with E-state index in [1.54, 1.807) is 0 Å². The first-order chi connectivity index (χ1) is 13.3. The highest BCUT2D eigenvalue weighted by Crippen LogP contribution is 2.16. The van der Waals surface area contributed by atoms with Gasteiger partial charge in [0.25, 0.3) is 5.91 Å². The van der Waals surface area contributed by atoms with Crippen molar-refractivity contribution >= 4 is 5.91 Å². The van der Waals surface area contributed by atoms with Gasteiger partial charge in [0.15, 0.2) is 12.4 Å². The number of unbranched alkanes of at least 4 members (excludes halogenated alkanes) is 9. The maximum atomic E-state index is 12.7. The maximum absolute atomic E-state index is 12.7. The van der Waals surface area contributed by atoms with Crippen LogP contribution in [-0.2, 0) is 4.79 Å². The van der Waals surface area contributed by atoms with Crippen LogP contribution in [0.5, 0.6) is 0 Å². The third kappa shape index (κ3) is 7.89. The standard InChI is InChI=1S/C21H33N5O/c1-2-3-4-5-6-7-8-9-10-14-17-22-21(27)20(26-24-18-23-25-26)19-15-12-11-13-16-19/h11-13,15-16,18,20H,2-10,14,17H2,1H3,(H,22,27). The summed E-state index contributed by atoms with van der Waals surface area (Å²) in [5, 5.41) is 14.7. The molecule has 148 valence electrons. The molecule has 6 nitrogen and oxygen atoms in total. The summed E-state index contributed by atoms with van der Waals surface area (Å²) in [5.41, 5.74) is 0.857. The van der Waals surface area contributed by atoms with Crippen LogP contribution < -0.4 is 5.32 Å². The molecule has 0 saturated heterocycles. The van der Waals surface area contributed by atoms with Gasteiger partial charge in [-0.2, -0.15) is 0 Å². The zero-order valence-corrected chi connectivity index (χ0v) is 16.5. The highest BCUT2D eigenvalue weighted by molar-refractivity contribution is 5.83. The molecule has 2 aromatic rings. The lowest BCUT2D eigenvalue weighted by Gasteiger charge is -2.15. The van der Waals surface area contributed by atoms with Crippen molar-refractivity contribution in [2.24, 2.45) is 0 Å². The van der Waals surface area contributed by atoms with E-state index in [9.17, 15) is 4.79 Å². The molecular weight excluding hydrogens is 338 g/mol. The van der Waals surface area contributed by atoms with Gasteiger partial charge in [0, 0.05) is 6.54 Å². The SMILES string of the molecule is CCCCCCCCCCCCNC(=O)C(c1ccccc1)n1ncnn1. The van der Waals surface area contributed by atoms with Crippen molar-refractivity contribution in [2.75, 3.05) is 6.54 Å². The molecule has 0 bridgehead atoms. The molecule has 0 radical (unpaired) electrons. The number of rotatable bonds is 14. The Morgan fingerprint density at radius 1 is 0.963 bits per heavy atom. The molecule has 2 rings (SSSR count). The van der Waals surface area contributed by atoms with Gasteiger partial charge >= 0.3 is 0 Å². The second kappa shape index (κ2) is 13.0. The van der Waals surface area contributed by atoms with Crippen LogP contribution in [0.1, 0.15) is 82.7 Å². The van der Waals surface area contributed by atoms with E-state index in [1.807, 2.05) is 30.3 Å². The molecule has 0 aliphatic heterocycles. The molecule has 0 aliphatic rings. The Balaban J connectivity index is 1.64. The van der Waals surface area contributed by atoms with Gasteiger partial charge in [-0.3, -0.25) is 4.79 Å². The summed E-state index contributed by atoms with van der Waals surface area (Å²) in [7, 11) is 0. The Bertz CT molecular complexity index is 615. The number of hydrogen-bond acceptors (Lipinski definition) is 4. The average Bonchev–Trinajstić information content (AvgIpc) is 3.21. The summed E-state index contributed by atoms with van der Waals surface area (Å²) >= 11 is 0. The number of nitrogens with zero attached hydrogens (tertiary/aromatic N) is 4. The lowest BCUT2D eigenvalue weighted by molar-refractivity contribution is -0.123. The summed E-state index contributed by atoms with van der Waals surface area (Å²) in [6.45, 7) is 2.94. The Kier molecular flexibility index (Phi) is 10.1. The molecule has 1 amide bonds. The highest BCUT2D eigenvalue weighted by atomic mass is 16.2. The fraction of sp³-hybridized carbons (Fsp3) is 0.619. The van der Waals surface area contributed by atoms with Crippen LogP contribution in [0, 0.1) is 0 Å². The smallest absolute Gasteiger partial charge is 0.251 e. The predicted octanol–water partition coefficient (Wildman–Crippen LogP) is 4.30. The quantitative estimate of drug-likeness (QED) is 0.503. The maximum Gasteiger partial charge on any atom is 0.251 e. The summed E-state index contributed by atoms with van der Waals surface area (Å²) in [6, 6.07) is 9.00. The van der Waals surface area contributed by atoms with Crippen LogP contribution in [0.15, 0.2) is 36.7 Å². The molecule has 1 N–H and O–H groups in total. The normalized spacial score (nSPS) is 12.0. The number of tetrazole rings is 1. The van der Waals surface area contributed by atoms with Gasteiger partial charge in [0.05, 0.1) is 0 Å². The summed E-state index contributed by atoms with van der Waals surface area (Å²) in [4.78, 5) is 14.0. The average molecular weight is 372 g/mol. The van der Waals surface area contributed by atoms with Gasteiger partial charge < -0.3 is 5.32 Å². The van der Waals surface area contributed by atoms with E-state index in [4.69, 9.17) is 0 Å². The summed E-state index contributed by atoms with van der Waals surface area (Å²) in [5.74, 6) is -0.0878. The number of carbonyl (C=O) groups excluding carboxylic acids is 1. The molecule has 0 spiro atoms. The second-order valence-electron chi connectivity index (χ2n) is 7.04. The molecule has 1 atom stereocenters. The fourth-order valence-corrected chi connectivity index (χ4v) is 3.24. The van der Waals surface area contributed by atoms with Crippen molar-refractivity contribution in [3.8, 4) is 0 Å². The van der Waals surface area contributed by atoms with E-state index >= 15 is 0 Å². The molecule has 1 heterocycles. The van der Waals surface area contributed by atoms with E-state index in [2.05, 4.69) is 27.7 Å². The molecule has 27 heavy (non-hydrogen) atoms. The molecule has 0 saturated carbocycles. The number of aromatic nitrogens is 4. The Hall–Kier alpha value is -2.24. The van der Waals surface area contributed by atoms with Crippen molar-refractivity contribution in [1.29, 1.82) is 0 Å². The lowest BCUT2D eigenvalue weighted by atomic mass is 10.1. The number of nitrogens with one attached hydrogen (secondary N) is 1. The number of amides is 1. The topological polar surface area (TPSA) is 72.7 Å². The molecule has 1 aromatic carbocycles. The molecule has 0 aliphatic carbocycles. The van der Waals surface area contributed by atoms with Crippen LogP contribution >= 0.6 is 0 Å².